The van der Waals surface area contributed by atoms with Gasteiger partial charge in [-0.3, -0.25) is 9.59 Å². The van der Waals surface area contributed by atoms with Gasteiger partial charge in [-0.15, -0.1) is 0 Å². The van der Waals surface area contributed by atoms with Crippen LogP contribution >= 0.6 is 0 Å². The number of hydrogen-bond donors (Lipinski definition) is 1. The average Bonchev–Trinajstić information content (AvgIpc) is 3.11. The molecule has 4 saturated carbocycles. The third kappa shape index (κ3) is 3.80. The van der Waals surface area contributed by atoms with Crippen molar-refractivity contribution in [2.45, 2.75) is 104 Å². The van der Waals surface area contributed by atoms with Crippen molar-refractivity contribution in [1.29, 1.82) is 0 Å². The van der Waals surface area contributed by atoms with Gasteiger partial charge in [-0.05, 0) is 105 Å². The summed E-state index contributed by atoms with van der Waals surface area (Å²) in [6.45, 7) is 8.87. The molecule has 4 fully saturated rings. The molecule has 0 aromatic heterocycles. The molecular weight excluding hydrogens is 404 g/mol. The number of carbonyl (C=O) groups is 2. The zero-order valence-corrected chi connectivity index (χ0v) is 20.3. The highest BCUT2D eigenvalue weighted by Crippen LogP contribution is 2.69. The molecule has 0 saturated heterocycles. The molecule has 0 heterocycles. The van der Waals surface area contributed by atoms with E-state index in [4.69, 9.17) is 9.47 Å². The van der Waals surface area contributed by atoms with E-state index in [1.165, 1.54) is 32.1 Å². The van der Waals surface area contributed by atoms with E-state index >= 15 is 0 Å². The second-order valence-electron chi connectivity index (χ2n) is 11.8. The summed E-state index contributed by atoms with van der Waals surface area (Å²) in [6, 6.07) is 0. The second-order valence-corrected chi connectivity index (χ2v) is 11.8. The van der Waals surface area contributed by atoms with Crippen molar-refractivity contribution in [3.63, 3.8) is 0 Å². The number of fused-ring (bicyclic) bond motifs is 5. The molecule has 10 atom stereocenters. The molecule has 0 unspecified atom stereocenters. The van der Waals surface area contributed by atoms with E-state index in [0.717, 1.165) is 44.4 Å². The van der Waals surface area contributed by atoms with Crippen LogP contribution in [0.3, 0.4) is 0 Å². The first kappa shape index (κ1) is 24.0. The van der Waals surface area contributed by atoms with Crippen molar-refractivity contribution in [2.75, 3.05) is 6.61 Å². The molecule has 0 radical (unpaired) electrons. The summed E-state index contributed by atoms with van der Waals surface area (Å²) in [6.07, 6.45) is 12.2. The molecule has 32 heavy (non-hydrogen) atoms. The normalized spacial score (nSPS) is 47.6. The number of aliphatic hydroxyl groups is 1. The minimum Gasteiger partial charge on any atom is -0.465 e. The highest BCUT2D eigenvalue weighted by molar-refractivity contribution is 5.38. The fourth-order valence-electron chi connectivity index (χ4n) is 9.45. The topological polar surface area (TPSA) is 72.8 Å². The highest BCUT2D eigenvalue weighted by Gasteiger charge is 2.65. The monoisotopic (exact) mass is 448 g/mol. The van der Waals surface area contributed by atoms with Gasteiger partial charge in [0.25, 0.3) is 12.9 Å². The molecule has 1 N–H and O–H groups in total. The molecule has 182 valence electrons. The average molecular weight is 449 g/mol. The summed E-state index contributed by atoms with van der Waals surface area (Å²) in [5, 5.41) is 9.25. The van der Waals surface area contributed by atoms with Gasteiger partial charge in [-0.25, -0.2) is 0 Å². The third-order valence-corrected chi connectivity index (χ3v) is 11.0. The van der Waals surface area contributed by atoms with Crippen LogP contribution in [0.2, 0.25) is 0 Å². The number of ether oxygens (including phenoxy) is 2. The van der Waals surface area contributed by atoms with E-state index in [2.05, 4.69) is 20.8 Å². The van der Waals surface area contributed by atoms with E-state index in [1.807, 2.05) is 0 Å². The van der Waals surface area contributed by atoms with Gasteiger partial charge in [-0.2, -0.15) is 0 Å². The van der Waals surface area contributed by atoms with Gasteiger partial charge in [0, 0.05) is 12.5 Å². The predicted molar refractivity (Wildman–Crippen MR) is 123 cm³/mol. The number of hydrogen-bond acceptors (Lipinski definition) is 5. The Balaban J connectivity index is 1.65. The van der Waals surface area contributed by atoms with Crippen LogP contribution in [-0.2, 0) is 19.1 Å². The molecule has 5 heteroatoms. The number of unbranched alkanes of at least 4 members (excludes halogenated alkanes) is 1. The van der Waals surface area contributed by atoms with Crippen LogP contribution < -0.4 is 0 Å². The van der Waals surface area contributed by atoms with Crippen molar-refractivity contribution in [3.8, 4) is 0 Å². The van der Waals surface area contributed by atoms with Crippen LogP contribution in [-0.4, -0.2) is 36.9 Å². The molecule has 0 amide bonds. The molecule has 0 aromatic rings. The molecule has 0 spiro atoms. The van der Waals surface area contributed by atoms with Gasteiger partial charge >= 0.3 is 0 Å². The maximum absolute atomic E-state index is 11.7. The molecule has 0 aliphatic heterocycles. The second kappa shape index (κ2) is 9.64. The Kier molecular flexibility index (Phi) is 7.24. The molecule has 4 rings (SSSR count). The Labute approximate surface area is 194 Å². The highest BCUT2D eigenvalue weighted by atomic mass is 16.5. The summed E-state index contributed by atoms with van der Waals surface area (Å²) >= 11 is 0. The lowest BCUT2D eigenvalue weighted by atomic mass is 9.41. The summed E-state index contributed by atoms with van der Waals surface area (Å²) in [7, 11) is 0. The van der Waals surface area contributed by atoms with Crippen molar-refractivity contribution in [3.05, 3.63) is 0 Å². The van der Waals surface area contributed by atoms with Crippen LogP contribution in [0.4, 0.5) is 0 Å². The zero-order valence-electron chi connectivity index (χ0n) is 20.3. The van der Waals surface area contributed by atoms with E-state index in [9.17, 15) is 14.7 Å². The van der Waals surface area contributed by atoms with E-state index in [1.54, 1.807) is 0 Å². The lowest BCUT2D eigenvalue weighted by molar-refractivity contribution is -0.212. The van der Waals surface area contributed by atoms with Crippen LogP contribution in [0, 0.1) is 46.3 Å². The van der Waals surface area contributed by atoms with Gasteiger partial charge in [-0.1, -0.05) is 27.2 Å². The van der Waals surface area contributed by atoms with E-state index < -0.39 is 0 Å². The van der Waals surface area contributed by atoms with Gasteiger partial charge in [0.1, 0.15) is 12.2 Å². The quantitative estimate of drug-likeness (QED) is 0.391. The van der Waals surface area contributed by atoms with Crippen LogP contribution in [0.15, 0.2) is 0 Å². The fourth-order valence-corrected chi connectivity index (χ4v) is 9.45. The fraction of sp³-hybridized carbons (Fsp3) is 0.926. The van der Waals surface area contributed by atoms with Crippen molar-refractivity contribution in [1.82, 2.24) is 0 Å². The minimum absolute atomic E-state index is 0.00398. The van der Waals surface area contributed by atoms with Crippen LogP contribution in [0.25, 0.3) is 0 Å². The van der Waals surface area contributed by atoms with Crippen molar-refractivity contribution >= 4 is 12.9 Å². The number of aliphatic hydroxyl groups excluding tert-OH is 1. The maximum atomic E-state index is 11.7. The predicted octanol–water partition coefficient (Wildman–Crippen LogP) is 5.14. The Bertz CT molecular complexity index is 666. The van der Waals surface area contributed by atoms with Crippen LogP contribution in [0.1, 0.15) is 91.4 Å². The summed E-state index contributed by atoms with van der Waals surface area (Å²) in [5.74, 6) is 3.12. The van der Waals surface area contributed by atoms with Crippen molar-refractivity contribution < 1.29 is 24.2 Å². The Hall–Kier alpha value is -1.10. The van der Waals surface area contributed by atoms with Gasteiger partial charge < -0.3 is 14.6 Å². The molecular formula is C27H44O5. The van der Waals surface area contributed by atoms with Crippen molar-refractivity contribution in [2.24, 2.45) is 46.3 Å². The molecule has 4 aliphatic carbocycles. The first-order valence-electron chi connectivity index (χ1n) is 13.2. The van der Waals surface area contributed by atoms with E-state index in [-0.39, 0.29) is 17.6 Å². The van der Waals surface area contributed by atoms with E-state index in [0.29, 0.717) is 54.6 Å². The van der Waals surface area contributed by atoms with Gasteiger partial charge in [0.2, 0.25) is 0 Å². The summed E-state index contributed by atoms with van der Waals surface area (Å²) < 4.78 is 11.4. The van der Waals surface area contributed by atoms with Crippen LogP contribution in [0.5, 0.6) is 0 Å². The largest absolute Gasteiger partial charge is 0.465 e. The van der Waals surface area contributed by atoms with Gasteiger partial charge in [0.05, 0.1) is 0 Å². The standard InChI is InChI=1S/C27H44O5/c1-4-20-23-15-19(31-16-29)10-12-27(23,3)22-11-13-26(2)18(7-5-6-14-28)8-9-21(26)24(22)25(20)32-17-30/h16-25,28H,4-15H2,1-3H3/t18-,19+,20+,21-,22-,23-,24-,25+,26+,27+/m0/s1. The maximum Gasteiger partial charge on any atom is 0.293 e. The summed E-state index contributed by atoms with van der Waals surface area (Å²) in [4.78, 5) is 22.7. The first-order valence-corrected chi connectivity index (χ1v) is 13.2. The zero-order chi connectivity index (χ0) is 22.9. The third-order valence-electron chi connectivity index (χ3n) is 11.0. The Morgan fingerprint density at radius 2 is 1.62 bits per heavy atom. The molecule has 4 aliphatic rings. The number of carbonyl (C=O) groups excluding carboxylic acids is 2. The Morgan fingerprint density at radius 3 is 2.31 bits per heavy atom. The number of rotatable bonds is 9. The lowest BCUT2D eigenvalue weighted by Gasteiger charge is -2.65. The summed E-state index contributed by atoms with van der Waals surface area (Å²) in [5.41, 5.74) is 0.549. The molecule has 5 nitrogen and oxygen atoms in total. The molecule has 0 aromatic carbocycles. The molecule has 0 bridgehead atoms. The Morgan fingerprint density at radius 1 is 0.906 bits per heavy atom. The smallest absolute Gasteiger partial charge is 0.293 e. The lowest BCUT2D eigenvalue weighted by Crippen LogP contribution is -2.62. The van der Waals surface area contributed by atoms with Gasteiger partial charge in [0.15, 0.2) is 0 Å². The minimum atomic E-state index is -0.0172. The first-order chi connectivity index (χ1) is 15.4. The SMILES string of the molecule is CC[C@H]1[C@@H](OC=O)[C@@H]2[C@H](CC[C@]3(C)[C@@H](CCCCO)CC[C@@H]23)[C@@]2(C)CC[C@@H](OC=O)C[C@@H]12.